The molecule has 0 N–H and O–H groups in total. The van der Waals surface area contributed by atoms with Crippen LogP contribution in [0.2, 0.25) is 0 Å². The number of ether oxygens (including phenoxy) is 1. The molecule has 0 radical (unpaired) electrons. The van der Waals surface area contributed by atoms with Crippen LogP contribution in [-0.2, 0) is 12.8 Å². The lowest BCUT2D eigenvalue weighted by Gasteiger charge is -2.17. The van der Waals surface area contributed by atoms with Gasteiger partial charge < -0.3 is 4.74 Å². The number of nitrogens with zero attached hydrogens (tertiary/aromatic N) is 2. The summed E-state index contributed by atoms with van der Waals surface area (Å²) in [4.78, 5) is 9.62. The molecule has 0 bridgehead atoms. The topological polar surface area (TPSA) is 35.0 Å². The second-order valence-electron chi connectivity index (χ2n) is 8.92. The molecule has 0 amide bonds. The third kappa shape index (κ3) is 4.57. The number of alkyl halides is 3. The van der Waals surface area contributed by atoms with Crippen LogP contribution in [0.4, 0.5) is 13.2 Å². The Morgan fingerprint density at radius 1 is 0.632 bits per heavy atom. The molecular weight excluding hydrogens is 485 g/mol. The predicted octanol–water partition coefficient (Wildman–Crippen LogP) is 8.71. The Hall–Kier alpha value is -4.71. The van der Waals surface area contributed by atoms with E-state index in [9.17, 15) is 13.2 Å². The van der Waals surface area contributed by atoms with E-state index in [-0.39, 0.29) is 0 Å². The van der Waals surface area contributed by atoms with Crippen molar-refractivity contribution in [3.8, 4) is 28.4 Å². The highest BCUT2D eigenvalue weighted by Crippen LogP contribution is 2.40. The Labute approximate surface area is 217 Å². The molecule has 3 nitrogen and oxygen atoms in total. The zero-order valence-corrected chi connectivity index (χ0v) is 20.1. The first-order chi connectivity index (χ1) is 18.5. The third-order valence-electron chi connectivity index (χ3n) is 6.44. The SMILES string of the molecule is FC(F)(F)c1ccc(-c2nc(-c3c(OCc4ccccc4)ccc4ccccc34)c3ccccc3n2)cc1. The first-order valence-electron chi connectivity index (χ1n) is 12.1. The van der Waals surface area contributed by atoms with Gasteiger partial charge in [0.15, 0.2) is 5.82 Å². The van der Waals surface area contributed by atoms with Crippen molar-refractivity contribution in [2.24, 2.45) is 0 Å². The summed E-state index contributed by atoms with van der Waals surface area (Å²) in [6.45, 7) is 0.376. The minimum absolute atomic E-state index is 0.342. The number of para-hydroxylation sites is 1. The van der Waals surface area contributed by atoms with Crippen LogP contribution in [0.5, 0.6) is 5.75 Å². The minimum atomic E-state index is -4.41. The highest BCUT2D eigenvalue weighted by molar-refractivity contribution is 6.06. The van der Waals surface area contributed by atoms with Crippen LogP contribution in [0.1, 0.15) is 11.1 Å². The van der Waals surface area contributed by atoms with Gasteiger partial charge in [-0.3, -0.25) is 0 Å². The van der Waals surface area contributed by atoms with Gasteiger partial charge in [0.2, 0.25) is 0 Å². The number of aromatic nitrogens is 2. The Morgan fingerprint density at radius 3 is 2.08 bits per heavy atom. The smallest absolute Gasteiger partial charge is 0.416 e. The standard InChI is InChI=1S/C32H21F3N2O/c33-32(34,35)24-17-14-23(15-18-24)31-36-27-13-7-6-12-26(27)30(37-31)29-25-11-5-4-10-22(25)16-19-28(29)38-20-21-8-2-1-3-9-21/h1-19H,20H2. The maximum atomic E-state index is 13.2. The summed E-state index contributed by atoms with van der Waals surface area (Å²) in [7, 11) is 0. The molecule has 0 fully saturated rings. The summed E-state index contributed by atoms with van der Waals surface area (Å²) in [6, 6.07) is 34.4. The van der Waals surface area contributed by atoms with E-state index in [0.29, 0.717) is 35.0 Å². The molecule has 6 heteroatoms. The van der Waals surface area contributed by atoms with Gasteiger partial charge in [0.1, 0.15) is 12.4 Å². The first kappa shape index (κ1) is 23.7. The molecule has 0 aliphatic rings. The average molecular weight is 507 g/mol. The van der Waals surface area contributed by atoms with Crippen molar-refractivity contribution in [1.29, 1.82) is 0 Å². The van der Waals surface area contributed by atoms with Crippen LogP contribution in [-0.4, -0.2) is 9.97 Å². The van der Waals surface area contributed by atoms with Crippen molar-refractivity contribution >= 4 is 21.7 Å². The van der Waals surface area contributed by atoms with E-state index in [1.54, 1.807) is 0 Å². The van der Waals surface area contributed by atoms with Gasteiger partial charge in [-0.1, -0.05) is 91.0 Å². The summed E-state index contributed by atoms with van der Waals surface area (Å²) >= 11 is 0. The van der Waals surface area contributed by atoms with E-state index in [2.05, 4.69) is 0 Å². The number of halogens is 3. The van der Waals surface area contributed by atoms with Crippen molar-refractivity contribution in [3.63, 3.8) is 0 Å². The van der Waals surface area contributed by atoms with Gasteiger partial charge in [-0.25, -0.2) is 9.97 Å². The van der Waals surface area contributed by atoms with Gasteiger partial charge in [-0.05, 0) is 40.6 Å². The molecule has 6 rings (SSSR count). The van der Waals surface area contributed by atoms with Gasteiger partial charge in [0.05, 0.1) is 22.3 Å². The van der Waals surface area contributed by atoms with Crippen molar-refractivity contribution in [1.82, 2.24) is 9.97 Å². The molecule has 186 valence electrons. The van der Waals surface area contributed by atoms with Gasteiger partial charge in [0, 0.05) is 10.9 Å². The summed E-state index contributed by atoms with van der Waals surface area (Å²) in [5, 5.41) is 2.80. The third-order valence-corrected chi connectivity index (χ3v) is 6.44. The molecule has 5 aromatic carbocycles. The van der Waals surface area contributed by atoms with E-state index in [4.69, 9.17) is 14.7 Å². The van der Waals surface area contributed by atoms with Crippen LogP contribution in [0.25, 0.3) is 44.3 Å². The Kier molecular flexibility index (Phi) is 6.00. The van der Waals surface area contributed by atoms with Crippen LogP contribution in [0.15, 0.2) is 115 Å². The van der Waals surface area contributed by atoms with E-state index >= 15 is 0 Å². The normalized spacial score (nSPS) is 11.7. The molecule has 0 aliphatic carbocycles. The van der Waals surface area contributed by atoms with E-state index in [1.807, 2.05) is 91.0 Å². The second kappa shape index (κ2) is 9.63. The Morgan fingerprint density at radius 2 is 1.32 bits per heavy atom. The number of hydrogen-bond donors (Lipinski definition) is 0. The Bertz CT molecular complexity index is 1750. The first-order valence-corrected chi connectivity index (χ1v) is 12.1. The van der Waals surface area contributed by atoms with Crippen molar-refractivity contribution < 1.29 is 17.9 Å². The lowest BCUT2D eigenvalue weighted by atomic mass is 9.97. The molecule has 0 saturated carbocycles. The van der Waals surface area contributed by atoms with E-state index < -0.39 is 11.7 Å². The summed E-state index contributed by atoms with van der Waals surface area (Å²) in [5.74, 6) is 1.00. The summed E-state index contributed by atoms with van der Waals surface area (Å²) < 4.78 is 45.8. The monoisotopic (exact) mass is 506 g/mol. The molecule has 0 saturated heterocycles. The molecule has 0 unspecified atom stereocenters. The molecular formula is C32H21F3N2O. The van der Waals surface area contributed by atoms with E-state index in [1.165, 1.54) is 12.1 Å². The number of hydrogen-bond acceptors (Lipinski definition) is 3. The van der Waals surface area contributed by atoms with Gasteiger partial charge >= 0.3 is 6.18 Å². The van der Waals surface area contributed by atoms with Crippen molar-refractivity contribution in [2.45, 2.75) is 12.8 Å². The summed E-state index contributed by atoms with van der Waals surface area (Å²) in [5.41, 5.74) is 2.97. The molecule has 1 aromatic heterocycles. The zero-order chi connectivity index (χ0) is 26.1. The molecule has 0 aliphatic heterocycles. The lowest BCUT2D eigenvalue weighted by Crippen LogP contribution is -2.04. The summed E-state index contributed by atoms with van der Waals surface area (Å²) in [6.07, 6.45) is -4.41. The lowest BCUT2D eigenvalue weighted by molar-refractivity contribution is -0.137. The predicted molar refractivity (Wildman–Crippen MR) is 144 cm³/mol. The number of fused-ring (bicyclic) bond motifs is 2. The van der Waals surface area contributed by atoms with Crippen LogP contribution < -0.4 is 4.74 Å². The average Bonchev–Trinajstić information content (AvgIpc) is 2.95. The zero-order valence-electron chi connectivity index (χ0n) is 20.1. The number of rotatable bonds is 5. The highest BCUT2D eigenvalue weighted by Gasteiger charge is 2.30. The maximum absolute atomic E-state index is 13.2. The molecule has 0 atom stereocenters. The molecule has 1 heterocycles. The molecule has 0 spiro atoms. The minimum Gasteiger partial charge on any atom is -0.488 e. The Balaban J connectivity index is 1.55. The molecule has 6 aromatic rings. The molecule has 38 heavy (non-hydrogen) atoms. The highest BCUT2D eigenvalue weighted by atomic mass is 19.4. The number of benzene rings is 5. The largest absolute Gasteiger partial charge is 0.488 e. The fraction of sp³-hybridized carbons (Fsp3) is 0.0625. The van der Waals surface area contributed by atoms with Crippen LogP contribution in [0.3, 0.4) is 0 Å². The van der Waals surface area contributed by atoms with Gasteiger partial charge in [-0.2, -0.15) is 13.2 Å². The van der Waals surface area contributed by atoms with Crippen molar-refractivity contribution in [3.05, 3.63) is 126 Å². The quantitative estimate of drug-likeness (QED) is 0.235. The van der Waals surface area contributed by atoms with Crippen LogP contribution in [0, 0.1) is 0 Å². The van der Waals surface area contributed by atoms with Crippen LogP contribution >= 0.6 is 0 Å². The van der Waals surface area contributed by atoms with E-state index in [0.717, 1.165) is 39.4 Å². The fourth-order valence-corrected chi connectivity index (χ4v) is 4.56. The van der Waals surface area contributed by atoms with Gasteiger partial charge in [-0.15, -0.1) is 0 Å². The fourth-order valence-electron chi connectivity index (χ4n) is 4.56. The second-order valence-corrected chi connectivity index (χ2v) is 8.92. The maximum Gasteiger partial charge on any atom is 0.416 e. The van der Waals surface area contributed by atoms with Crippen molar-refractivity contribution in [2.75, 3.05) is 0 Å². The van der Waals surface area contributed by atoms with Gasteiger partial charge in [0.25, 0.3) is 0 Å².